The zero-order valence-corrected chi connectivity index (χ0v) is 19.4. The van der Waals surface area contributed by atoms with Crippen molar-refractivity contribution >= 4 is 29.2 Å². The van der Waals surface area contributed by atoms with E-state index in [1.807, 2.05) is 32.9 Å². The molecular weight excluding hydrogens is 422 g/mol. The average Bonchev–Trinajstić information content (AvgIpc) is 3.11. The predicted molar refractivity (Wildman–Crippen MR) is 124 cm³/mol. The summed E-state index contributed by atoms with van der Waals surface area (Å²) in [6.45, 7) is 9.39. The Kier molecular flexibility index (Phi) is 7.22. The lowest BCUT2D eigenvalue weighted by atomic mass is 10.0. The van der Waals surface area contributed by atoms with Crippen molar-refractivity contribution in [3.8, 4) is 0 Å². The summed E-state index contributed by atoms with van der Waals surface area (Å²) in [5.41, 5.74) is 5.16. The van der Waals surface area contributed by atoms with Crippen molar-refractivity contribution < 1.29 is 19.1 Å². The first-order chi connectivity index (χ1) is 15.7. The first-order valence-electron chi connectivity index (χ1n) is 10.6. The van der Waals surface area contributed by atoms with Crippen molar-refractivity contribution in [3.05, 3.63) is 70.0 Å². The molecule has 0 radical (unpaired) electrons. The van der Waals surface area contributed by atoms with Gasteiger partial charge in [-0.2, -0.15) is 0 Å². The summed E-state index contributed by atoms with van der Waals surface area (Å²) in [6.07, 6.45) is 0. The highest BCUT2D eigenvalue weighted by Gasteiger charge is 2.19. The van der Waals surface area contributed by atoms with Crippen LogP contribution in [0.3, 0.4) is 0 Å². The van der Waals surface area contributed by atoms with E-state index >= 15 is 0 Å². The summed E-state index contributed by atoms with van der Waals surface area (Å²) < 4.78 is 6.33. The normalized spacial score (nSPS) is 10.6. The van der Waals surface area contributed by atoms with Crippen LogP contribution < -0.4 is 10.6 Å². The fourth-order valence-electron chi connectivity index (χ4n) is 3.55. The number of hydrogen-bond acceptors (Lipinski definition) is 6. The van der Waals surface area contributed by atoms with Crippen molar-refractivity contribution in [2.75, 3.05) is 17.2 Å². The molecule has 0 unspecified atom stereocenters. The molecule has 2 N–H and O–H groups in total. The number of rotatable bonds is 7. The van der Waals surface area contributed by atoms with Gasteiger partial charge in [0.05, 0.1) is 17.9 Å². The van der Waals surface area contributed by atoms with Crippen LogP contribution in [0.15, 0.2) is 36.4 Å². The van der Waals surface area contributed by atoms with E-state index in [9.17, 15) is 14.4 Å². The third kappa shape index (κ3) is 5.62. The Morgan fingerprint density at radius 1 is 1.00 bits per heavy atom. The second kappa shape index (κ2) is 10.1. The predicted octanol–water partition coefficient (Wildman–Crippen LogP) is 3.58. The van der Waals surface area contributed by atoms with E-state index < -0.39 is 11.9 Å². The van der Waals surface area contributed by atoms with Gasteiger partial charge < -0.3 is 15.4 Å². The van der Waals surface area contributed by atoms with Gasteiger partial charge in [-0.1, -0.05) is 29.0 Å². The Labute approximate surface area is 192 Å². The number of ether oxygens (including phenoxy) is 1. The van der Waals surface area contributed by atoms with Crippen LogP contribution in [0.2, 0.25) is 0 Å². The number of aryl methyl sites for hydroxylation is 3. The number of anilines is 2. The number of amides is 2. The molecule has 0 saturated carbocycles. The summed E-state index contributed by atoms with van der Waals surface area (Å²) in [5.74, 6) is -1.23. The minimum Gasteiger partial charge on any atom is -0.462 e. The number of esters is 1. The maximum Gasteiger partial charge on any atom is 0.338 e. The quantitative estimate of drug-likeness (QED) is 0.533. The van der Waals surface area contributed by atoms with Gasteiger partial charge >= 0.3 is 5.97 Å². The number of nitrogens with zero attached hydrogens (tertiary/aromatic N) is 3. The Morgan fingerprint density at radius 3 is 2.36 bits per heavy atom. The highest BCUT2D eigenvalue weighted by Crippen LogP contribution is 2.23. The molecule has 0 bridgehead atoms. The average molecular weight is 450 g/mol. The third-order valence-corrected chi connectivity index (χ3v) is 5.06. The van der Waals surface area contributed by atoms with Gasteiger partial charge in [0.1, 0.15) is 6.54 Å². The van der Waals surface area contributed by atoms with Gasteiger partial charge in [-0.3, -0.25) is 9.59 Å². The Bertz CT molecular complexity index is 1190. The van der Waals surface area contributed by atoms with Crippen LogP contribution >= 0.6 is 0 Å². The minimum absolute atomic E-state index is 0.141. The van der Waals surface area contributed by atoms with Gasteiger partial charge in [0.2, 0.25) is 5.91 Å². The van der Waals surface area contributed by atoms with Crippen LogP contribution in [0.1, 0.15) is 50.2 Å². The van der Waals surface area contributed by atoms with E-state index in [1.54, 1.807) is 32.0 Å². The summed E-state index contributed by atoms with van der Waals surface area (Å²) >= 11 is 0. The van der Waals surface area contributed by atoms with Gasteiger partial charge in [-0.15, -0.1) is 5.10 Å². The molecule has 9 heteroatoms. The fraction of sp³-hybridized carbons (Fsp3) is 0.292. The molecule has 0 aliphatic rings. The molecule has 33 heavy (non-hydrogen) atoms. The fourth-order valence-corrected chi connectivity index (χ4v) is 3.55. The van der Waals surface area contributed by atoms with Crippen molar-refractivity contribution in [3.63, 3.8) is 0 Å². The minimum atomic E-state index is -0.463. The van der Waals surface area contributed by atoms with Gasteiger partial charge in [0, 0.05) is 11.4 Å². The third-order valence-electron chi connectivity index (χ3n) is 5.06. The zero-order valence-electron chi connectivity index (χ0n) is 19.4. The molecule has 172 valence electrons. The van der Waals surface area contributed by atoms with Crippen molar-refractivity contribution in [1.29, 1.82) is 0 Å². The summed E-state index contributed by atoms with van der Waals surface area (Å²) in [4.78, 5) is 37.2. The second-order valence-corrected chi connectivity index (χ2v) is 7.76. The molecule has 1 aromatic heterocycles. The van der Waals surface area contributed by atoms with E-state index in [0.29, 0.717) is 16.9 Å². The van der Waals surface area contributed by atoms with Gasteiger partial charge in [0.15, 0.2) is 5.69 Å². The second-order valence-electron chi connectivity index (χ2n) is 7.76. The van der Waals surface area contributed by atoms with E-state index in [2.05, 4.69) is 20.9 Å². The molecule has 3 aromatic rings. The SMILES string of the molecule is CCOC(=O)c1cccc(NC(=O)Cn2nnc(C(=O)Nc3c(C)cc(C)cc3C)c2C)c1. The molecule has 0 aliphatic heterocycles. The van der Waals surface area contributed by atoms with Gasteiger partial charge in [-0.05, 0) is 63.9 Å². The zero-order chi connectivity index (χ0) is 24.1. The summed E-state index contributed by atoms with van der Waals surface area (Å²) in [6, 6.07) is 10.5. The maximum absolute atomic E-state index is 12.8. The lowest BCUT2D eigenvalue weighted by Crippen LogP contribution is -2.21. The molecule has 2 aromatic carbocycles. The smallest absolute Gasteiger partial charge is 0.338 e. The first kappa shape index (κ1) is 23.6. The van der Waals surface area contributed by atoms with Crippen molar-refractivity contribution in [1.82, 2.24) is 15.0 Å². The molecular formula is C24H27N5O4. The van der Waals surface area contributed by atoms with Crippen LogP contribution in [-0.4, -0.2) is 39.4 Å². The Hall–Kier alpha value is -4.01. The molecule has 0 fully saturated rings. The van der Waals surface area contributed by atoms with Crippen LogP contribution in [0.4, 0.5) is 11.4 Å². The number of hydrogen-bond donors (Lipinski definition) is 2. The lowest BCUT2D eigenvalue weighted by molar-refractivity contribution is -0.117. The number of carbonyl (C=O) groups excluding carboxylic acids is 3. The molecule has 9 nitrogen and oxygen atoms in total. The standard InChI is InChI=1S/C24H27N5O4/c1-6-33-24(32)18-8-7-9-19(12-18)25-20(30)13-29-17(5)22(27-28-29)23(31)26-21-15(3)10-14(2)11-16(21)4/h7-12H,6,13H2,1-5H3,(H,25,30)(H,26,31). The molecule has 3 rings (SSSR count). The number of carbonyl (C=O) groups is 3. The van der Waals surface area contributed by atoms with E-state index in [4.69, 9.17) is 4.74 Å². The van der Waals surface area contributed by atoms with Crippen molar-refractivity contribution in [2.24, 2.45) is 0 Å². The lowest BCUT2D eigenvalue weighted by Gasteiger charge is -2.12. The molecule has 0 atom stereocenters. The van der Waals surface area contributed by atoms with E-state index in [0.717, 1.165) is 22.4 Å². The summed E-state index contributed by atoms with van der Waals surface area (Å²) in [5, 5.41) is 13.5. The van der Waals surface area contributed by atoms with Crippen LogP contribution in [0, 0.1) is 27.7 Å². The highest BCUT2D eigenvalue weighted by molar-refractivity contribution is 6.04. The maximum atomic E-state index is 12.8. The number of nitrogens with one attached hydrogen (secondary N) is 2. The van der Waals surface area contributed by atoms with Gasteiger partial charge in [-0.25, -0.2) is 9.48 Å². The number of benzene rings is 2. The van der Waals surface area contributed by atoms with Gasteiger partial charge in [0.25, 0.3) is 5.91 Å². The Morgan fingerprint density at radius 2 is 1.70 bits per heavy atom. The summed E-state index contributed by atoms with van der Waals surface area (Å²) in [7, 11) is 0. The molecule has 1 heterocycles. The molecule has 0 spiro atoms. The molecule has 2 amide bonds. The largest absolute Gasteiger partial charge is 0.462 e. The van der Waals surface area contributed by atoms with E-state index in [-0.39, 0.29) is 24.8 Å². The van der Waals surface area contributed by atoms with E-state index in [1.165, 1.54) is 10.7 Å². The van der Waals surface area contributed by atoms with Crippen molar-refractivity contribution in [2.45, 2.75) is 41.2 Å². The van der Waals surface area contributed by atoms with Crippen LogP contribution in [0.5, 0.6) is 0 Å². The van der Waals surface area contributed by atoms with Crippen LogP contribution in [0.25, 0.3) is 0 Å². The highest BCUT2D eigenvalue weighted by atomic mass is 16.5. The monoisotopic (exact) mass is 449 g/mol. The topological polar surface area (TPSA) is 115 Å². The number of aromatic nitrogens is 3. The Balaban J connectivity index is 1.69. The van der Waals surface area contributed by atoms with Crippen LogP contribution in [-0.2, 0) is 16.1 Å². The first-order valence-corrected chi connectivity index (χ1v) is 10.6. The molecule has 0 saturated heterocycles. The molecule has 0 aliphatic carbocycles.